The molecule has 19 heavy (non-hydrogen) atoms. The number of rotatable bonds is 4. The average Bonchev–Trinajstić information content (AvgIpc) is 2.76. The Bertz CT molecular complexity index is 608. The third kappa shape index (κ3) is 2.66. The smallest absolute Gasteiger partial charge is 0.359 e. The molecule has 1 heterocycles. The Morgan fingerprint density at radius 3 is 2.68 bits per heavy atom. The number of benzene rings is 1. The van der Waals surface area contributed by atoms with Gasteiger partial charge in [0.05, 0.1) is 19.2 Å². The fraction of sp³-hybridized carbons (Fsp3) is 0.154. The summed E-state index contributed by atoms with van der Waals surface area (Å²) >= 11 is 6.04. The highest BCUT2D eigenvalue weighted by Gasteiger charge is 2.22. The Balaban J connectivity index is 2.39. The lowest BCUT2D eigenvalue weighted by atomic mass is 10.2. The molecule has 0 saturated carbocycles. The molecule has 0 saturated heterocycles. The van der Waals surface area contributed by atoms with Crippen molar-refractivity contribution in [2.24, 2.45) is 0 Å². The third-order valence-electron chi connectivity index (χ3n) is 2.60. The fourth-order valence-corrected chi connectivity index (χ4v) is 1.90. The van der Waals surface area contributed by atoms with Crippen molar-refractivity contribution in [2.45, 2.75) is 6.54 Å². The van der Waals surface area contributed by atoms with E-state index in [1.165, 1.54) is 11.8 Å². The van der Waals surface area contributed by atoms with Crippen LogP contribution in [0.15, 0.2) is 30.3 Å². The van der Waals surface area contributed by atoms with Gasteiger partial charge in [-0.05, 0) is 5.56 Å². The molecule has 0 amide bonds. The summed E-state index contributed by atoms with van der Waals surface area (Å²) in [6, 6.07) is 9.46. The van der Waals surface area contributed by atoms with Crippen LogP contribution < -0.4 is 0 Å². The fourth-order valence-electron chi connectivity index (χ4n) is 1.67. The molecule has 0 aliphatic rings. The molecular weight excluding hydrogens is 268 g/mol. The predicted octanol–water partition coefficient (Wildman–Crippen LogP) is 2.18. The molecule has 0 unspecified atom stereocenters. The van der Waals surface area contributed by atoms with Crippen molar-refractivity contribution < 1.29 is 14.3 Å². The Morgan fingerprint density at radius 2 is 2.11 bits per heavy atom. The van der Waals surface area contributed by atoms with Gasteiger partial charge in [-0.25, -0.2) is 9.48 Å². The van der Waals surface area contributed by atoms with Crippen molar-refractivity contribution >= 4 is 23.9 Å². The van der Waals surface area contributed by atoms with Gasteiger partial charge in [0.2, 0.25) is 0 Å². The first-order chi connectivity index (χ1) is 9.17. The number of methoxy groups -OCH3 is 1. The van der Waals surface area contributed by atoms with Crippen LogP contribution in [0.5, 0.6) is 0 Å². The number of carbonyl (C=O) groups is 2. The number of hydrogen-bond acceptors (Lipinski definition) is 4. The SMILES string of the molecule is COC(=O)c1nn(Cc2ccccc2)c(Cl)c1C=O. The summed E-state index contributed by atoms with van der Waals surface area (Å²) in [6.45, 7) is 0.373. The van der Waals surface area contributed by atoms with Gasteiger partial charge in [-0.2, -0.15) is 5.10 Å². The number of halogens is 1. The number of aldehydes is 1. The van der Waals surface area contributed by atoms with Gasteiger partial charge in [0.1, 0.15) is 5.15 Å². The van der Waals surface area contributed by atoms with E-state index in [4.69, 9.17) is 11.6 Å². The van der Waals surface area contributed by atoms with E-state index in [-0.39, 0.29) is 16.4 Å². The van der Waals surface area contributed by atoms with E-state index < -0.39 is 5.97 Å². The van der Waals surface area contributed by atoms with E-state index in [1.807, 2.05) is 30.3 Å². The number of esters is 1. The number of hydrogen-bond donors (Lipinski definition) is 0. The van der Waals surface area contributed by atoms with Gasteiger partial charge in [-0.1, -0.05) is 41.9 Å². The van der Waals surface area contributed by atoms with E-state index in [0.717, 1.165) is 5.56 Å². The van der Waals surface area contributed by atoms with Crippen LogP contribution in [-0.2, 0) is 11.3 Å². The molecule has 2 rings (SSSR count). The van der Waals surface area contributed by atoms with Crippen LogP contribution in [0.3, 0.4) is 0 Å². The van der Waals surface area contributed by atoms with Crippen molar-refractivity contribution in [3.8, 4) is 0 Å². The lowest BCUT2D eigenvalue weighted by molar-refractivity contribution is 0.0590. The molecule has 0 radical (unpaired) electrons. The maximum atomic E-state index is 11.5. The van der Waals surface area contributed by atoms with Gasteiger partial charge in [0.25, 0.3) is 0 Å². The lowest BCUT2D eigenvalue weighted by Gasteiger charge is -2.02. The summed E-state index contributed by atoms with van der Waals surface area (Å²) in [7, 11) is 1.22. The van der Waals surface area contributed by atoms with Crippen molar-refractivity contribution in [3.63, 3.8) is 0 Å². The first-order valence-electron chi connectivity index (χ1n) is 5.51. The van der Waals surface area contributed by atoms with E-state index in [9.17, 15) is 9.59 Å². The zero-order valence-corrected chi connectivity index (χ0v) is 10.9. The highest BCUT2D eigenvalue weighted by Crippen LogP contribution is 2.20. The van der Waals surface area contributed by atoms with Gasteiger partial charge < -0.3 is 4.74 Å². The van der Waals surface area contributed by atoms with E-state index in [1.54, 1.807) is 0 Å². The summed E-state index contributed by atoms with van der Waals surface area (Å²) in [5.74, 6) is -0.684. The normalized spacial score (nSPS) is 10.2. The van der Waals surface area contributed by atoms with Gasteiger partial charge in [-0.15, -0.1) is 0 Å². The van der Waals surface area contributed by atoms with Crippen LogP contribution in [0, 0.1) is 0 Å². The van der Waals surface area contributed by atoms with Gasteiger partial charge in [0.15, 0.2) is 12.0 Å². The van der Waals surface area contributed by atoms with Crippen molar-refractivity contribution in [2.75, 3.05) is 7.11 Å². The monoisotopic (exact) mass is 278 g/mol. The van der Waals surface area contributed by atoms with E-state index in [0.29, 0.717) is 12.8 Å². The first kappa shape index (κ1) is 13.3. The summed E-state index contributed by atoms with van der Waals surface area (Å²) in [5.41, 5.74) is 0.934. The number of ether oxygens (including phenoxy) is 1. The lowest BCUT2D eigenvalue weighted by Crippen LogP contribution is -2.07. The Labute approximate surface area is 114 Å². The minimum atomic E-state index is -0.684. The van der Waals surface area contributed by atoms with Crippen molar-refractivity contribution in [3.05, 3.63) is 52.3 Å². The minimum Gasteiger partial charge on any atom is -0.464 e. The molecule has 0 atom stereocenters. The maximum Gasteiger partial charge on any atom is 0.359 e. The molecule has 0 bridgehead atoms. The third-order valence-corrected chi connectivity index (χ3v) is 3.00. The van der Waals surface area contributed by atoms with Gasteiger partial charge in [-0.3, -0.25) is 4.79 Å². The summed E-state index contributed by atoms with van der Waals surface area (Å²) in [6.07, 6.45) is 0.503. The molecule has 0 aliphatic carbocycles. The van der Waals surface area contributed by atoms with Crippen molar-refractivity contribution in [1.82, 2.24) is 9.78 Å². The molecule has 6 heteroatoms. The van der Waals surface area contributed by atoms with Gasteiger partial charge >= 0.3 is 5.97 Å². The topological polar surface area (TPSA) is 61.2 Å². The number of carbonyl (C=O) groups excluding carboxylic acids is 2. The van der Waals surface area contributed by atoms with E-state index in [2.05, 4.69) is 9.84 Å². The quantitative estimate of drug-likeness (QED) is 0.635. The highest BCUT2D eigenvalue weighted by molar-refractivity contribution is 6.32. The van der Waals surface area contributed by atoms with Crippen molar-refractivity contribution in [1.29, 1.82) is 0 Å². The molecule has 0 aliphatic heterocycles. The van der Waals surface area contributed by atoms with Crippen LogP contribution in [0.1, 0.15) is 26.4 Å². The second-order valence-electron chi connectivity index (χ2n) is 3.81. The standard InChI is InChI=1S/C13H11ClN2O3/c1-19-13(18)11-10(8-17)12(14)16(15-11)7-9-5-3-2-4-6-9/h2-6,8H,7H2,1H3. The van der Waals surface area contributed by atoms with Crippen LogP contribution in [-0.4, -0.2) is 29.1 Å². The zero-order chi connectivity index (χ0) is 13.8. The molecule has 1 aromatic carbocycles. The summed E-state index contributed by atoms with van der Waals surface area (Å²) in [5, 5.41) is 4.15. The Hall–Kier alpha value is -2.14. The number of nitrogens with zero attached hydrogens (tertiary/aromatic N) is 2. The van der Waals surface area contributed by atoms with Crippen LogP contribution in [0.4, 0.5) is 0 Å². The molecule has 1 aromatic heterocycles. The first-order valence-corrected chi connectivity index (χ1v) is 5.89. The Morgan fingerprint density at radius 1 is 1.42 bits per heavy atom. The van der Waals surface area contributed by atoms with Crippen LogP contribution in [0.2, 0.25) is 5.15 Å². The average molecular weight is 279 g/mol. The predicted molar refractivity (Wildman–Crippen MR) is 69.5 cm³/mol. The minimum absolute atomic E-state index is 0.0458. The van der Waals surface area contributed by atoms with E-state index >= 15 is 0 Å². The second kappa shape index (κ2) is 5.67. The molecule has 2 aromatic rings. The summed E-state index contributed by atoms with van der Waals surface area (Å²) < 4.78 is 5.96. The molecule has 0 N–H and O–H groups in total. The molecule has 0 fully saturated rings. The van der Waals surface area contributed by atoms with Gasteiger partial charge in [0, 0.05) is 0 Å². The maximum absolute atomic E-state index is 11.5. The van der Waals surface area contributed by atoms with Crippen LogP contribution in [0.25, 0.3) is 0 Å². The largest absolute Gasteiger partial charge is 0.464 e. The molecule has 98 valence electrons. The second-order valence-corrected chi connectivity index (χ2v) is 4.16. The number of aromatic nitrogens is 2. The zero-order valence-electron chi connectivity index (χ0n) is 10.2. The highest BCUT2D eigenvalue weighted by atomic mass is 35.5. The van der Waals surface area contributed by atoms with Crippen LogP contribution >= 0.6 is 11.6 Å². The Kier molecular flexibility index (Phi) is 3.97. The molecule has 5 nitrogen and oxygen atoms in total. The molecule has 0 spiro atoms. The molecular formula is C13H11ClN2O3. The summed E-state index contributed by atoms with van der Waals surface area (Å²) in [4.78, 5) is 22.5.